The van der Waals surface area contributed by atoms with Gasteiger partial charge in [-0.1, -0.05) is 48.5 Å². The SMILES string of the molecule is COc1ccccc1C(CNC(=O)C(O)c1ccccc1)N(C)C. The maximum absolute atomic E-state index is 12.2. The number of carbonyl (C=O) groups excluding carboxylic acids is 1. The van der Waals surface area contributed by atoms with Gasteiger partial charge in [-0.3, -0.25) is 4.79 Å². The number of nitrogens with zero attached hydrogens (tertiary/aromatic N) is 1. The van der Waals surface area contributed by atoms with Crippen molar-refractivity contribution in [2.75, 3.05) is 27.7 Å². The van der Waals surface area contributed by atoms with E-state index < -0.39 is 12.0 Å². The molecule has 128 valence electrons. The second-order valence-electron chi connectivity index (χ2n) is 5.78. The Kier molecular flexibility index (Phi) is 6.35. The molecule has 0 saturated heterocycles. The largest absolute Gasteiger partial charge is 0.496 e. The molecule has 24 heavy (non-hydrogen) atoms. The first-order chi connectivity index (χ1) is 11.5. The molecule has 0 radical (unpaired) electrons. The van der Waals surface area contributed by atoms with Crippen LogP contribution in [0.25, 0.3) is 0 Å². The first kappa shape index (κ1) is 18.0. The maximum atomic E-state index is 12.2. The summed E-state index contributed by atoms with van der Waals surface area (Å²) in [5.74, 6) is 0.358. The highest BCUT2D eigenvalue weighted by Gasteiger charge is 2.22. The van der Waals surface area contributed by atoms with Crippen LogP contribution >= 0.6 is 0 Å². The fraction of sp³-hybridized carbons (Fsp3) is 0.316. The third kappa shape index (κ3) is 4.34. The van der Waals surface area contributed by atoms with Crippen molar-refractivity contribution >= 4 is 5.91 Å². The van der Waals surface area contributed by atoms with Crippen molar-refractivity contribution in [1.82, 2.24) is 10.2 Å². The molecule has 2 aromatic rings. The van der Waals surface area contributed by atoms with Crippen LogP contribution in [0, 0.1) is 0 Å². The lowest BCUT2D eigenvalue weighted by Crippen LogP contribution is -2.37. The highest BCUT2D eigenvalue weighted by molar-refractivity contribution is 5.81. The summed E-state index contributed by atoms with van der Waals surface area (Å²) in [6.45, 7) is 0.371. The van der Waals surface area contributed by atoms with Gasteiger partial charge in [-0.15, -0.1) is 0 Å². The Hall–Kier alpha value is -2.37. The summed E-state index contributed by atoms with van der Waals surface area (Å²) >= 11 is 0. The zero-order valence-corrected chi connectivity index (χ0v) is 14.3. The number of para-hydroxylation sites is 1. The molecular weight excluding hydrogens is 304 g/mol. The molecule has 1 amide bonds. The predicted molar refractivity (Wildman–Crippen MR) is 93.8 cm³/mol. The highest BCUT2D eigenvalue weighted by Crippen LogP contribution is 2.27. The van der Waals surface area contributed by atoms with E-state index in [4.69, 9.17) is 4.74 Å². The Labute approximate surface area is 142 Å². The summed E-state index contributed by atoms with van der Waals surface area (Å²) in [6.07, 6.45) is -1.17. The van der Waals surface area contributed by atoms with Crippen LogP contribution in [0.5, 0.6) is 5.75 Å². The monoisotopic (exact) mass is 328 g/mol. The van der Waals surface area contributed by atoms with Gasteiger partial charge >= 0.3 is 0 Å². The van der Waals surface area contributed by atoms with E-state index >= 15 is 0 Å². The Morgan fingerprint density at radius 2 is 1.75 bits per heavy atom. The van der Waals surface area contributed by atoms with Gasteiger partial charge in [0.1, 0.15) is 5.75 Å². The molecule has 0 aliphatic heterocycles. The van der Waals surface area contributed by atoms with Crippen LogP contribution in [0.15, 0.2) is 54.6 Å². The number of nitrogens with one attached hydrogen (secondary N) is 1. The van der Waals surface area contributed by atoms with E-state index in [9.17, 15) is 9.90 Å². The van der Waals surface area contributed by atoms with Crippen LogP contribution in [0.4, 0.5) is 0 Å². The average Bonchev–Trinajstić information content (AvgIpc) is 2.62. The van der Waals surface area contributed by atoms with Crippen molar-refractivity contribution in [2.45, 2.75) is 12.1 Å². The smallest absolute Gasteiger partial charge is 0.253 e. The number of benzene rings is 2. The summed E-state index contributed by atoms with van der Waals surface area (Å²) < 4.78 is 5.41. The molecule has 0 bridgehead atoms. The van der Waals surface area contributed by atoms with Gasteiger partial charge in [-0.05, 0) is 25.7 Å². The Balaban J connectivity index is 2.08. The summed E-state index contributed by atoms with van der Waals surface area (Å²) in [6, 6.07) is 16.6. The van der Waals surface area contributed by atoms with Gasteiger partial charge in [0, 0.05) is 12.1 Å². The van der Waals surface area contributed by atoms with Gasteiger partial charge in [0.15, 0.2) is 6.10 Å². The normalized spacial score (nSPS) is 13.4. The predicted octanol–water partition coefficient (Wildman–Crippen LogP) is 2.15. The standard InChI is InChI=1S/C19H24N2O3/c1-21(2)16(15-11-7-8-12-17(15)24-3)13-20-19(23)18(22)14-9-5-4-6-10-14/h4-12,16,18,22H,13H2,1-3H3,(H,20,23). The lowest BCUT2D eigenvalue weighted by Gasteiger charge is -2.27. The number of rotatable bonds is 7. The summed E-state index contributed by atoms with van der Waals surface area (Å²) in [5, 5.41) is 13.0. The van der Waals surface area contributed by atoms with Gasteiger partial charge in [0.05, 0.1) is 13.2 Å². The molecule has 5 nitrogen and oxygen atoms in total. The Bertz CT molecular complexity index is 659. The van der Waals surface area contributed by atoms with Gasteiger partial charge in [-0.2, -0.15) is 0 Å². The molecular formula is C19H24N2O3. The fourth-order valence-corrected chi connectivity index (χ4v) is 2.59. The second kappa shape index (κ2) is 8.47. The van der Waals surface area contributed by atoms with Crippen LogP contribution in [-0.2, 0) is 4.79 Å². The maximum Gasteiger partial charge on any atom is 0.253 e. The molecule has 2 unspecified atom stereocenters. The Morgan fingerprint density at radius 3 is 2.38 bits per heavy atom. The lowest BCUT2D eigenvalue weighted by molar-refractivity contribution is -0.129. The van der Waals surface area contributed by atoms with E-state index in [1.807, 2.05) is 49.3 Å². The molecule has 0 fully saturated rings. The fourth-order valence-electron chi connectivity index (χ4n) is 2.59. The van der Waals surface area contributed by atoms with E-state index in [2.05, 4.69) is 5.32 Å². The number of aliphatic hydroxyl groups is 1. The van der Waals surface area contributed by atoms with Crippen LogP contribution in [-0.4, -0.2) is 43.7 Å². The van der Waals surface area contributed by atoms with Crippen LogP contribution in [0.1, 0.15) is 23.3 Å². The molecule has 0 saturated carbocycles. The number of likely N-dealkylation sites (N-methyl/N-ethyl adjacent to an activating group) is 1. The number of amides is 1. The van der Waals surface area contributed by atoms with Gasteiger partial charge in [-0.25, -0.2) is 0 Å². The zero-order valence-electron chi connectivity index (χ0n) is 14.3. The van der Waals surface area contributed by atoms with Crippen molar-refractivity contribution in [1.29, 1.82) is 0 Å². The summed E-state index contributed by atoms with van der Waals surface area (Å²) in [5.41, 5.74) is 1.56. The molecule has 0 spiro atoms. The number of hydrogen-bond donors (Lipinski definition) is 2. The number of ether oxygens (including phenoxy) is 1. The van der Waals surface area contributed by atoms with E-state index in [1.165, 1.54) is 0 Å². The quantitative estimate of drug-likeness (QED) is 0.817. The summed E-state index contributed by atoms with van der Waals surface area (Å²) in [7, 11) is 5.51. The zero-order chi connectivity index (χ0) is 17.5. The molecule has 2 aromatic carbocycles. The molecule has 2 N–H and O–H groups in total. The number of hydrogen-bond acceptors (Lipinski definition) is 4. The molecule has 2 rings (SSSR count). The highest BCUT2D eigenvalue weighted by atomic mass is 16.5. The molecule has 5 heteroatoms. The third-order valence-corrected chi connectivity index (χ3v) is 3.95. The average molecular weight is 328 g/mol. The van der Waals surface area contributed by atoms with Crippen molar-refractivity contribution in [3.63, 3.8) is 0 Å². The third-order valence-electron chi connectivity index (χ3n) is 3.95. The van der Waals surface area contributed by atoms with E-state index in [-0.39, 0.29) is 6.04 Å². The minimum atomic E-state index is -1.17. The van der Waals surface area contributed by atoms with Crippen molar-refractivity contribution < 1.29 is 14.6 Å². The minimum Gasteiger partial charge on any atom is -0.496 e. The van der Waals surface area contributed by atoms with Gasteiger partial charge in [0.2, 0.25) is 0 Å². The van der Waals surface area contributed by atoms with Crippen molar-refractivity contribution in [3.05, 3.63) is 65.7 Å². The topological polar surface area (TPSA) is 61.8 Å². The lowest BCUT2D eigenvalue weighted by atomic mass is 10.0. The Morgan fingerprint density at radius 1 is 1.12 bits per heavy atom. The minimum absolute atomic E-state index is 0.0620. The first-order valence-corrected chi connectivity index (χ1v) is 7.84. The molecule has 0 heterocycles. The molecule has 0 aliphatic carbocycles. The molecule has 0 aliphatic rings. The van der Waals surface area contributed by atoms with E-state index in [0.29, 0.717) is 12.1 Å². The number of methoxy groups -OCH3 is 1. The van der Waals surface area contributed by atoms with Crippen molar-refractivity contribution in [2.24, 2.45) is 0 Å². The number of aliphatic hydroxyl groups excluding tert-OH is 1. The van der Waals surface area contributed by atoms with E-state index in [1.54, 1.807) is 31.4 Å². The molecule has 2 atom stereocenters. The van der Waals surface area contributed by atoms with Crippen LogP contribution < -0.4 is 10.1 Å². The number of carbonyl (C=O) groups is 1. The van der Waals surface area contributed by atoms with Gasteiger partial charge in [0.25, 0.3) is 5.91 Å². The van der Waals surface area contributed by atoms with Crippen molar-refractivity contribution in [3.8, 4) is 5.75 Å². The molecule has 0 aromatic heterocycles. The van der Waals surface area contributed by atoms with E-state index in [0.717, 1.165) is 11.3 Å². The summed E-state index contributed by atoms with van der Waals surface area (Å²) in [4.78, 5) is 14.3. The van der Waals surface area contributed by atoms with Crippen LogP contribution in [0.2, 0.25) is 0 Å². The van der Waals surface area contributed by atoms with Gasteiger partial charge < -0.3 is 20.1 Å². The second-order valence-corrected chi connectivity index (χ2v) is 5.78. The first-order valence-electron chi connectivity index (χ1n) is 7.84. The van der Waals surface area contributed by atoms with Crippen LogP contribution in [0.3, 0.4) is 0 Å².